The van der Waals surface area contributed by atoms with E-state index in [2.05, 4.69) is 30.7 Å². The van der Waals surface area contributed by atoms with Crippen molar-refractivity contribution in [2.24, 2.45) is 11.7 Å². The topological polar surface area (TPSA) is 57.4 Å². The second-order valence-electron chi connectivity index (χ2n) is 4.23. The molecule has 18 heavy (non-hydrogen) atoms. The highest BCUT2D eigenvalue weighted by Gasteiger charge is 1.97. The predicted molar refractivity (Wildman–Crippen MR) is 71.3 cm³/mol. The third kappa shape index (κ3) is 6.24. The zero-order chi connectivity index (χ0) is 13.2. The van der Waals surface area contributed by atoms with Crippen LogP contribution in [0.5, 0.6) is 5.75 Å². The van der Waals surface area contributed by atoms with Gasteiger partial charge in [0, 0.05) is 18.4 Å². The number of ether oxygens (including phenoxy) is 2. The monoisotopic (exact) mass is 248 g/mol. The Kier molecular flexibility index (Phi) is 6.85. The summed E-state index contributed by atoms with van der Waals surface area (Å²) in [5.74, 6) is 6.93. The quantitative estimate of drug-likeness (QED) is 0.611. The molecule has 0 fully saturated rings. The van der Waals surface area contributed by atoms with Crippen molar-refractivity contribution < 1.29 is 9.47 Å². The lowest BCUT2D eigenvalue weighted by atomic mass is 10.2. The number of nitrogens with zero attached hydrogens (tertiary/aromatic N) is 1. The van der Waals surface area contributed by atoms with E-state index in [1.807, 2.05) is 6.07 Å². The van der Waals surface area contributed by atoms with E-state index in [1.54, 1.807) is 12.4 Å². The lowest BCUT2D eigenvalue weighted by molar-refractivity contribution is 0.0818. The number of hydrogen-bond acceptors (Lipinski definition) is 4. The molecule has 0 aliphatic rings. The molecule has 1 rings (SSSR count). The summed E-state index contributed by atoms with van der Waals surface area (Å²) < 4.78 is 10.9. The third-order valence-electron chi connectivity index (χ3n) is 2.00. The minimum Gasteiger partial charge on any atom is -0.490 e. The lowest BCUT2D eigenvalue weighted by Crippen LogP contribution is -2.10. The second kappa shape index (κ2) is 8.51. The van der Waals surface area contributed by atoms with Crippen LogP contribution in [0.15, 0.2) is 18.5 Å². The fourth-order valence-corrected chi connectivity index (χ4v) is 1.26. The fourth-order valence-electron chi connectivity index (χ4n) is 1.26. The summed E-state index contributed by atoms with van der Waals surface area (Å²) in [4.78, 5) is 4.06. The molecule has 0 saturated heterocycles. The molecule has 0 aliphatic carbocycles. The highest BCUT2D eigenvalue weighted by atomic mass is 16.5. The molecule has 0 atom stereocenters. The van der Waals surface area contributed by atoms with Crippen molar-refractivity contribution in [3.8, 4) is 17.6 Å². The number of hydrogen-bond donors (Lipinski definition) is 1. The maximum absolute atomic E-state index is 5.52. The summed E-state index contributed by atoms with van der Waals surface area (Å²) in [6.45, 7) is 6.42. The van der Waals surface area contributed by atoms with Gasteiger partial charge in [-0.2, -0.15) is 0 Å². The Morgan fingerprint density at radius 1 is 1.33 bits per heavy atom. The Hall–Kier alpha value is -1.57. The van der Waals surface area contributed by atoms with Crippen LogP contribution in [0, 0.1) is 17.8 Å². The zero-order valence-corrected chi connectivity index (χ0v) is 11.0. The normalized spacial score (nSPS) is 10.0. The first-order valence-electron chi connectivity index (χ1n) is 6.07. The molecule has 98 valence electrons. The van der Waals surface area contributed by atoms with Crippen LogP contribution in [0.1, 0.15) is 19.4 Å². The molecule has 1 heterocycles. The van der Waals surface area contributed by atoms with Gasteiger partial charge in [-0.25, -0.2) is 0 Å². The molecular formula is C14H20N2O2. The van der Waals surface area contributed by atoms with Gasteiger partial charge in [-0.3, -0.25) is 4.98 Å². The number of nitrogens with two attached hydrogens (primary N) is 1. The van der Waals surface area contributed by atoms with Crippen molar-refractivity contribution in [1.29, 1.82) is 0 Å². The fraction of sp³-hybridized carbons (Fsp3) is 0.500. The van der Waals surface area contributed by atoms with Crippen molar-refractivity contribution in [1.82, 2.24) is 4.98 Å². The molecule has 0 unspecified atom stereocenters. The Labute approximate surface area is 109 Å². The summed E-state index contributed by atoms with van der Waals surface area (Å²) >= 11 is 0. The maximum atomic E-state index is 5.52. The van der Waals surface area contributed by atoms with Crippen LogP contribution >= 0.6 is 0 Å². The first-order chi connectivity index (χ1) is 8.72. The SMILES string of the molecule is CC(C)COCCOc1cncc(C#CCN)c1. The summed E-state index contributed by atoms with van der Waals surface area (Å²) in [5.41, 5.74) is 6.12. The molecule has 0 bridgehead atoms. The van der Waals surface area contributed by atoms with Crippen LogP contribution in [0.4, 0.5) is 0 Å². The molecule has 0 aromatic carbocycles. The summed E-state index contributed by atoms with van der Waals surface area (Å²) in [5, 5.41) is 0. The molecule has 0 saturated carbocycles. The van der Waals surface area contributed by atoms with Crippen LogP contribution in [0.2, 0.25) is 0 Å². The van der Waals surface area contributed by atoms with Gasteiger partial charge in [0.05, 0.1) is 19.3 Å². The number of rotatable bonds is 6. The molecule has 1 aromatic heterocycles. The van der Waals surface area contributed by atoms with Gasteiger partial charge in [-0.15, -0.1) is 0 Å². The van der Waals surface area contributed by atoms with E-state index in [-0.39, 0.29) is 0 Å². The molecule has 4 nitrogen and oxygen atoms in total. The summed E-state index contributed by atoms with van der Waals surface area (Å²) in [7, 11) is 0. The summed E-state index contributed by atoms with van der Waals surface area (Å²) in [6, 6.07) is 1.85. The molecule has 0 aliphatic heterocycles. The van der Waals surface area contributed by atoms with Gasteiger partial charge < -0.3 is 15.2 Å². The van der Waals surface area contributed by atoms with Crippen LogP contribution in [0.3, 0.4) is 0 Å². The largest absolute Gasteiger partial charge is 0.490 e. The highest BCUT2D eigenvalue weighted by molar-refractivity contribution is 5.36. The Balaban J connectivity index is 2.34. The molecule has 0 spiro atoms. The van der Waals surface area contributed by atoms with Gasteiger partial charge in [0.25, 0.3) is 0 Å². The highest BCUT2D eigenvalue weighted by Crippen LogP contribution is 2.10. The zero-order valence-electron chi connectivity index (χ0n) is 11.0. The van der Waals surface area contributed by atoms with Gasteiger partial charge >= 0.3 is 0 Å². The predicted octanol–water partition coefficient (Wildman–Crippen LogP) is 1.44. The summed E-state index contributed by atoms with van der Waals surface area (Å²) in [6.07, 6.45) is 3.35. The van der Waals surface area contributed by atoms with E-state index in [0.717, 1.165) is 12.2 Å². The molecular weight excluding hydrogens is 228 g/mol. The van der Waals surface area contributed by atoms with Crippen LogP contribution in [-0.2, 0) is 4.74 Å². The lowest BCUT2D eigenvalue weighted by Gasteiger charge is -2.08. The maximum Gasteiger partial charge on any atom is 0.138 e. The van der Waals surface area contributed by atoms with Crippen LogP contribution < -0.4 is 10.5 Å². The first-order valence-corrected chi connectivity index (χ1v) is 6.07. The molecule has 4 heteroatoms. The Bertz CT molecular complexity index is 408. The van der Waals surface area contributed by atoms with Crippen LogP contribution in [0.25, 0.3) is 0 Å². The van der Waals surface area contributed by atoms with E-state index in [9.17, 15) is 0 Å². The number of pyridine rings is 1. The minimum atomic E-state index is 0.341. The first kappa shape index (κ1) is 14.5. The number of aromatic nitrogens is 1. The average molecular weight is 248 g/mol. The standard InChI is InChI=1S/C14H20N2O2/c1-12(2)11-17-6-7-18-14-8-13(4-3-5-15)9-16-10-14/h8-10,12H,5-7,11,15H2,1-2H3. The van der Waals surface area contributed by atoms with E-state index < -0.39 is 0 Å². The molecule has 2 N–H and O–H groups in total. The molecule has 1 aromatic rings. The Morgan fingerprint density at radius 2 is 2.17 bits per heavy atom. The van der Waals surface area contributed by atoms with Crippen molar-refractivity contribution in [2.45, 2.75) is 13.8 Å². The minimum absolute atomic E-state index is 0.341. The van der Waals surface area contributed by atoms with Gasteiger partial charge in [0.15, 0.2) is 0 Å². The third-order valence-corrected chi connectivity index (χ3v) is 2.00. The van der Waals surface area contributed by atoms with Crippen molar-refractivity contribution >= 4 is 0 Å². The smallest absolute Gasteiger partial charge is 0.138 e. The van der Waals surface area contributed by atoms with Crippen molar-refractivity contribution in [3.63, 3.8) is 0 Å². The van der Waals surface area contributed by atoms with Gasteiger partial charge in [0.2, 0.25) is 0 Å². The van der Waals surface area contributed by atoms with E-state index >= 15 is 0 Å². The Morgan fingerprint density at radius 3 is 2.89 bits per heavy atom. The van der Waals surface area contributed by atoms with Gasteiger partial charge in [0.1, 0.15) is 12.4 Å². The van der Waals surface area contributed by atoms with E-state index in [1.165, 1.54) is 0 Å². The van der Waals surface area contributed by atoms with Gasteiger partial charge in [-0.1, -0.05) is 25.7 Å². The molecule has 0 radical (unpaired) electrons. The second-order valence-corrected chi connectivity index (χ2v) is 4.23. The van der Waals surface area contributed by atoms with Gasteiger partial charge in [-0.05, 0) is 12.0 Å². The molecule has 0 amide bonds. The van der Waals surface area contributed by atoms with Crippen molar-refractivity contribution in [2.75, 3.05) is 26.4 Å². The van der Waals surface area contributed by atoms with E-state index in [0.29, 0.717) is 31.4 Å². The van der Waals surface area contributed by atoms with Crippen molar-refractivity contribution in [3.05, 3.63) is 24.0 Å². The average Bonchev–Trinajstić information content (AvgIpc) is 2.36. The van der Waals surface area contributed by atoms with Crippen LogP contribution in [-0.4, -0.2) is 31.3 Å². The van der Waals surface area contributed by atoms with E-state index in [4.69, 9.17) is 15.2 Å².